The van der Waals surface area contributed by atoms with Gasteiger partial charge in [-0.2, -0.15) is 0 Å². The Morgan fingerprint density at radius 3 is 1.85 bits per heavy atom. The van der Waals surface area contributed by atoms with Crippen LogP contribution in [0.2, 0.25) is 0 Å². The predicted octanol–water partition coefficient (Wildman–Crippen LogP) is 5.41. The molecule has 0 amide bonds. The molecular formula is C15H21F4N. The van der Waals surface area contributed by atoms with Gasteiger partial charge in [0.25, 0.3) is 0 Å². The van der Waals surface area contributed by atoms with E-state index < -0.39 is 29.0 Å². The zero-order valence-electron chi connectivity index (χ0n) is 11.7. The van der Waals surface area contributed by atoms with E-state index in [0.29, 0.717) is 13.0 Å². The summed E-state index contributed by atoms with van der Waals surface area (Å²) in [7, 11) is 0. The van der Waals surface area contributed by atoms with Gasteiger partial charge in [0.15, 0.2) is 23.3 Å². The Balaban J connectivity index is 2.32. The zero-order chi connectivity index (χ0) is 15.0. The smallest absolute Gasteiger partial charge is 0.185 e. The van der Waals surface area contributed by atoms with Gasteiger partial charge in [0, 0.05) is 12.6 Å². The summed E-state index contributed by atoms with van der Waals surface area (Å²) in [5.41, 5.74) is -0.714. The molecule has 0 unspecified atom stereocenters. The molecule has 0 saturated heterocycles. The van der Waals surface area contributed by atoms with Crippen LogP contribution >= 0.6 is 0 Å². The second kappa shape index (κ2) is 8.82. The molecule has 0 aliphatic carbocycles. The standard InChI is InChI=1S/C15H21F4N/c1-2-3-4-5-6-7-8-9-20-15-13(18)11(16)10-12(17)14(15)19/h10,20H,2-9H2,1H3. The van der Waals surface area contributed by atoms with Gasteiger partial charge >= 0.3 is 0 Å². The summed E-state index contributed by atoms with van der Waals surface area (Å²) in [5.74, 6) is -5.50. The first-order chi connectivity index (χ1) is 9.57. The Bertz CT molecular complexity index is 395. The fraction of sp³-hybridized carbons (Fsp3) is 0.600. The number of hydrogen-bond donors (Lipinski definition) is 1. The molecule has 1 N–H and O–H groups in total. The van der Waals surface area contributed by atoms with E-state index in [2.05, 4.69) is 12.2 Å². The second-order valence-corrected chi connectivity index (χ2v) is 4.89. The minimum atomic E-state index is -1.38. The van der Waals surface area contributed by atoms with Crippen molar-refractivity contribution in [2.45, 2.75) is 51.9 Å². The quantitative estimate of drug-likeness (QED) is 0.364. The van der Waals surface area contributed by atoms with Crippen LogP contribution in [0.1, 0.15) is 51.9 Å². The van der Waals surface area contributed by atoms with E-state index in [-0.39, 0.29) is 6.07 Å². The summed E-state index contributed by atoms with van der Waals surface area (Å²) in [6, 6.07) is 0.212. The SMILES string of the molecule is CCCCCCCCCNc1c(F)c(F)cc(F)c1F. The Kier molecular flexibility index (Phi) is 7.41. The first-order valence-electron chi connectivity index (χ1n) is 7.14. The van der Waals surface area contributed by atoms with Crippen molar-refractivity contribution in [3.63, 3.8) is 0 Å². The van der Waals surface area contributed by atoms with Crippen molar-refractivity contribution in [2.24, 2.45) is 0 Å². The van der Waals surface area contributed by atoms with E-state index in [0.717, 1.165) is 19.3 Å². The van der Waals surface area contributed by atoms with Crippen LogP contribution in [0.25, 0.3) is 0 Å². The number of rotatable bonds is 9. The van der Waals surface area contributed by atoms with Crippen LogP contribution < -0.4 is 5.32 Å². The van der Waals surface area contributed by atoms with Crippen molar-refractivity contribution in [1.29, 1.82) is 0 Å². The highest BCUT2D eigenvalue weighted by atomic mass is 19.2. The van der Waals surface area contributed by atoms with Gasteiger partial charge in [0.1, 0.15) is 5.69 Å². The second-order valence-electron chi connectivity index (χ2n) is 4.89. The number of benzene rings is 1. The third kappa shape index (κ3) is 5.02. The lowest BCUT2D eigenvalue weighted by atomic mass is 10.1. The fourth-order valence-electron chi connectivity index (χ4n) is 2.02. The highest BCUT2D eigenvalue weighted by Gasteiger charge is 2.18. The van der Waals surface area contributed by atoms with E-state index in [1.54, 1.807) is 0 Å². The summed E-state index contributed by atoms with van der Waals surface area (Å²) < 4.78 is 52.5. The van der Waals surface area contributed by atoms with Crippen molar-refractivity contribution < 1.29 is 17.6 Å². The molecule has 1 nitrogen and oxygen atoms in total. The average molecular weight is 291 g/mol. The predicted molar refractivity (Wildman–Crippen MR) is 72.8 cm³/mol. The molecule has 0 radical (unpaired) electrons. The molecule has 0 atom stereocenters. The van der Waals surface area contributed by atoms with E-state index in [1.165, 1.54) is 19.3 Å². The van der Waals surface area contributed by atoms with Gasteiger partial charge in [0.05, 0.1) is 0 Å². The summed E-state index contributed by atoms with van der Waals surface area (Å²) >= 11 is 0. The van der Waals surface area contributed by atoms with Gasteiger partial charge in [-0.05, 0) is 6.42 Å². The molecule has 0 aliphatic heterocycles. The molecule has 1 rings (SSSR count). The minimum absolute atomic E-state index is 0.212. The lowest BCUT2D eigenvalue weighted by molar-refractivity contribution is 0.458. The third-order valence-electron chi connectivity index (χ3n) is 3.19. The number of anilines is 1. The van der Waals surface area contributed by atoms with Crippen LogP contribution in [-0.2, 0) is 0 Å². The first-order valence-corrected chi connectivity index (χ1v) is 7.14. The van der Waals surface area contributed by atoms with E-state index in [9.17, 15) is 17.6 Å². The number of nitrogens with one attached hydrogen (secondary N) is 1. The van der Waals surface area contributed by atoms with Gasteiger partial charge in [-0.3, -0.25) is 0 Å². The van der Waals surface area contributed by atoms with Crippen LogP contribution in [0.15, 0.2) is 6.07 Å². The molecule has 0 heterocycles. The summed E-state index contributed by atoms with van der Waals surface area (Å²) in [4.78, 5) is 0. The summed E-state index contributed by atoms with van der Waals surface area (Å²) in [6.07, 6.45) is 7.45. The van der Waals surface area contributed by atoms with E-state index >= 15 is 0 Å². The van der Waals surface area contributed by atoms with Crippen LogP contribution in [-0.4, -0.2) is 6.54 Å². The van der Waals surface area contributed by atoms with Gasteiger partial charge in [-0.15, -0.1) is 0 Å². The number of halogens is 4. The van der Waals surface area contributed by atoms with Crippen molar-refractivity contribution in [3.05, 3.63) is 29.3 Å². The highest BCUT2D eigenvalue weighted by Crippen LogP contribution is 2.24. The average Bonchev–Trinajstić information content (AvgIpc) is 2.43. The minimum Gasteiger partial charge on any atom is -0.380 e. The lowest BCUT2D eigenvalue weighted by Gasteiger charge is -2.09. The molecule has 20 heavy (non-hydrogen) atoms. The van der Waals surface area contributed by atoms with Gasteiger partial charge in [-0.25, -0.2) is 17.6 Å². The van der Waals surface area contributed by atoms with Crippen LogP contribution in [0.4, 0.5) is 23.2 Å². The maximum atomic E-state index is 13.3. The van der Waals surface area contributed by atoms with Crippen molar-refractivity contribution in [1.82, 2.24) is 0 Å². The number of unbranched alkanes of at least 4 members (excludes halogenated alkanes) is 6. The van der Waals surface area contributed by atoms with Crippen LogP contribution in [0.3, 0.4) is 0 Å². The molecule has 0 fully saturated rings. The first kappa shape index (κ1) is 16.8. The molecule has 114 valence electrons. The van der Waals surface area contributed by atoms with Crippen molar-refractivity contribution in [2.75, 3.05) is 11.9 Å². The molecule has 1 aromatic carbocycles. The van der Waals surface area contributed by atoms with Crippen molar-refractivity contribution >= 4 is 5.69 Å². The molecule has 0 aromatic heterocycles. The molecule has 0 spiro atoms. The topological polar surface area (TPSA) is 12.0 Å². The van der Waals surface area contributed by atoms with Crippen molar-refractivity contribution in [3.8, 4) is 0 Å². The summed E-state index contributed by atoms with van der Waals surface area (Å²) in [5, 5.41) is 2.43. The largest absolute Gasteiger partial charge is 0.380 e. The van der Waals surface area contributed by atoms with Gasteiger partial charge in [0.2, 0.25) is 0 Å². The summed E-state index contributed by atoms with van der Waals surface area (Å²) in [6.45, 7) is 2.44. The molecule has 1 aromatic rings. The Morgan fingerprint density at radius 1 is 0.800 bits per heavy atom. The zero-order valence-corrected chi connectivity index (χ0v) is 11.7. The van der Waals surface area contributed by atoms with Gasteiger partial charge in [-0.1, -0.05) is 45.4 Å². The van der Waals surface area contributed by atoms with E-state index in [1.807, 2.05) is 0 Å². The highest BCUT2D eigenvalue weighted by molar-refractivity contribution is 5.47. The molecule has 5 heteroatoms. The molecule has 0 bridgehead atoms. The maximum absolute atomic E-state index is 13.3. The number of hydrogen-bond acceptors (Lipinski definition) is 1. The van der Waals surface area contributed by atoms with E-state index in [4.69, 9.17) is 0 Å². The molecular weight excluding hydrogens is 270 g/mol. The third-order valence-corrected chi connectivity index (χ3v) is 3.19. The fourth-order valence-corrected chi connectivity index (χ4v) is 2.02. The maximum Gasteiger partial charge on any atom is 0.185 e. The van der Waals surface area contributed by atoms with Crippen LogP contribution in [0.5, 0.6) is 0 Å². The molecule has 0 saturated carbocycles. The normalized spacial score (nSPS) is 10.8. The lowest BCUT2D eigenvalue weighted by Crippen LogP contribution is -2.08. The Labute approximate surface area is 117 Å². The van der Waals surface area contributed by atoms with Crippen LogP contribution in [0, 0.1) is 23.3 Å². The monoisotopic (exact) mass is 291 g/mol. The van der Waals surface area contributed by atoms with Gasteiger partial charge < -0.3 is 5.32 Å². The Morgan fingerprint density at radius 2 is 1.30 bits per heavy atom. The molecule has 0 aliphatic rings. The Hall–Kier alpha value is -1.26.